The molecule has 0 aliphatic heterocycles. The van der Waals surface area contributed by atoms with Crippen molar-refractivity contribution in [2.24, 2.45) is 0 Å². The largest absolute Gasteiger partial charge is 0.358 e. The first-order chi connectivity index (χ1) is 4.81. The first-order valence-corrected chi connectivity index (χ1v) is 3.33. The first kappa shape index (κ1) is 9.17. The third kappa shape index (κ3) is 5.31. The molecule has 10 heavy (non-hydrogen) atoms. The molecule has 0 aromatic heterocycles. The van der Waals surface area contributed by atoms with E-state index in [-0.39, 0.29) is 5.91 Å². The van der Waals surface area contributed by atoms with Crippen LogP contribution in [0.1, 0.15) is 6.42 Å². The van der Waals surface area contributed by atoms with Crippen molar-refractivity contribution < 1.29 is 4.79 Å². The lowest BCUT2D eigenvalue weighted by Crippen LogP contribution is -2.31. The third-order valence-corrected chi connectivity index (χ3v) is 1.09. The zero-order chi connectivity index (χ0) is 7.82. The van der Waals surface area contributed by atoms with E-state index in [9.17, 15) is 4.79 Å². The molecule has 1 amide bonds. The van der Waals surface area contributed by atoms with Gasteiger partial charge in [-0.25, -0.2) is 0 Å². The number of hydrogen-bond acceptors (Lipinski definition) is 2. The fourth-order valence-electron chi connectivity index (χ4n) is 0.494. The van der Waals surface area contributed by atoms with Crippen LogP contribution in [-0.2, 0) is 4.79 Å². The van der Waals surface area contributed by atoms with E-state index in [2.05, 4.69) is 17.2 Å². The first-order valence-electron chi connectivity index (χ1n) is 3.33. The van der Waals surface area contributed by atoms with Gasteiger partial charge in [-0.3, -0.25) is 4.79 Å². The fourth-order valence-corrected chi connectivity index (χ4v) is 0.494. The Labute approximate surface area is 61.5 Å². The predicted molar refractivity (Wildman–Crippen MR) is 41.8 cm³/mol. The van der Waals surface area contributed by atoms with Crippen LogP contribution in [0, 0.1) is 0 Å². The van der Waals surface area contributed by atoms with Gasteiger partial charge in [0.2, 0.25) is 5.91 Å². The monoisotopic (exact) mass is 142 g/mol. The van der Waals surface area contributed by atoms with Gasteiger partial charge in [0.1, 0.15) is 0 Å². The molecule has 0 spiro atoms. The maximum absolute atomic E-state index is 10.6. The van der Waals surface area contributed by atoms with Gasteiger partial charge in [-0.05, 0) is 13.0 Å². The number of amides is 1. The molecule has 2 N–H and O–H groups in total. The number of likely N-dealkylation sites (N-methyl/N-ethyl adjacent to an activating group) is 1. The van der Waals surface area contributed by atoms with Crippen LogP contribution >= 0.6 is 0 Å². The highest BCUT2D eigenvalue weighted by molar-refractivity contribution is 5.77. The Bertz CT molecular complexity index is 112. The summed E-state index contributed by atoms with van der Waals surface area (Å²) in [7, 11) is 1.62. The zero-order valence-electron chi connectivity index (χ0n) is 6.31. The quantitative estimate of drug-likeness (QED) is 0.415. The molecule has 0 heterocycles. The van der Waals surface area contributed by atoms with Gasteiger partial charge >= 0.3 is 0 Å². The highest BCUT2D eigenvalue weighted by Gasteiger charge is 1.92. The van der Waals surface area contributed by atoms with Crippen LogP contribution in [0.15, 0.2) is 12.7 Å². The molecule has 58 valence electrons. The predicted octanol–water partition coefficient (Wildman–Crippen LogP) is -0.102. The number of hydrogen-bond donors (Lipinski definition) is 2. The summed E-state index contributed by atoms with van der Waals surface area (Å²) < 4.78 is 0. The van der Waals surface area contributed by atoms with Crippen LogP contribution in [0.5, 0.6) is 0 Å². The minimum atomic E-state index is 0.0177. The Kier molecular flexibility index (Phi) is 5.77. The summed E-state index contributed by atoms with van der Waals surface area (Å²) in [5.41, 5.74) is 0. The molecule has 0 aromatic rings. The molecule has 0 radical (unpaired) electrons. The molecule has 0 aliphatic rings. The van der Waals surface area contributed by atoms with E-state index in [1.807, 2.05) is 6.08 Å². The van der Waals surface area contributed by atoms with Crippen molar-refractivity contribution in [2.75, 3.05) is 20.1 Å². The average Bonchev–Trinajstić information content (AvgIpc) is 1.98. The second-order valence-corrected chi connectivity index (χ2v) is 1.93. The molecule has 0 saturated carbocycles. The third-order valence-electron chi connectivity index (χ3n) is 1.09. The summed E-state index contributed by atoms with van der Waals surface area (Å²) >= 11 is 0. The van der Waals surface area contributed by atoms with Crippen molar-refractivity contribution in [1.29, 1.82) is 0 Å². The molecular weight excluding hydrogens is 128 g/mol. The topological polar surface area (TPSA) is 41.1 Å². The van der Waals surface area contributed by atoms with E-state index in [0.717, 1.165) is 13.0 Å². The van der Waals surface area contributed by atoms with E-state index in [1.54, 1.807) is 7.05 Å². The normalized spacial score (nSPS) is 8.90. The number of carbonyl (C=O) groups excluding carboxylic acids is 1. The lowest BCUT2D eigenvalue weighted by molar-refractivity contribution is -0.119. The minimum Gasteiger partial charge on any atom is -0.358 e. The molecule has 0 bridgehead atoms. The van der Waals surface area contributed by atoms with Crippen molar-refractivity contribution in [3.63, 3.8) is 0 Å². The van der Waals surface area contributed by atoms with Gasteiger partial charge in [0.15, 0.2) is 0 Å². The van der Waals surface area contributed by atoms with E-state index < -0.39 is 0 Å². The van der Waals surface area contributed by atoms with E-state index in [4.69, 9.17) is 0 Å². The molecule has 0 rings (SSSR count). The summed E-state index contributed by atoms with van der Waals surface area (Å²) in [5, 5.41) is 5.47. The standard InChI is InChI=1S/C7H14N2O/c1-3-4-5-9-6-7(10)8-2/h3,9H,1,4-6H2,2H3,(H,8,10). The number of carbonyl (C=O) groups is 1. The van der Waals surface area contributed by atoms with Crippen LogP contribution in [-0.4, -0.2) is 26.0 Å². The van der Waals surface area contributed by atoms with Crippen molar-refractivity contribution in [2.45, 2.75) is 6.42 Å². The second kappa shape index (κ2) is 6.29. The summed E-state index contributed by atoms with van der Waals surface area (Å²) in [5.74, 6) is 0.0177. The van der Waals surface area contributed by atoms with Crippen LogP contribution in [0.25, 0.3) is 0 Å². The van der Waals surface area contributed by atoms with Crippen LogP contribution in [0.4, 0.5) is 0 Å². The van der Waals surface area contributed by atoms with Crippen molar-refractivity contribution in [3.8, 4) is 0 Å². The van der Waals surface area contributed by atoms with Gasteiger partial charge < -0.3 is 10.6 Å². The lowest BCUT2D eigenvalue weighted by Gasteiger charge is -1.99. The van der Waals surface area contributed by atoms with Gasteiger partial charge in [0.25, 0.3) is 0 Å². The van der Waals surface area contributed by atoms with Gasteiger partial charge in [-0.2, -0.15) is 0 Å². The van der Waals surface area contributed by atoms with Crippen LogP contribution in [0.2, 0.25) is 0 Å². The Morgan fingerprint density at radius 3 is 2.90 bits per heavy atom. The minimum absolute atomic E-state index is 0.0177. The fraction of sp³-hybridized carbons (Fsp3) is 0.571. The molecule has 3 nitrogen and oxygen atoms in total. The second-order valence-electron chi connectivity index (χ2n) is 1.93. The number of rotatable bonds is 5. The zero-order valence-corrected chi connectivity index (χ0v) is 6.31. The maximum Gasteiger partial charge on any atom is 0.233 e. The highest BCUT2D eigenvalue weighted by atomic mass is 16.1. The Morgan fingerprint density at radius 1 is 1.70 bits per heavy atom. The lowest BCUT2D eigenvalue weighted by atomic mass is 10.4. The number of nitrogens with one attached hydrogen (secondary N) is 2. The van der Waals surface area contributed by atoms with E-state index >= 15 is 0 Å². The smallest absolute Gasteiger partial charge is 0.233 e. The molecule has 0 saturated heterocycles. The van der Waals surface area contributed by atoms with Crippen molar-refractivity contribution >= 4 is 5.91 Å². The Hall–Kier alpha value is -0.830. The Morgan fingerprint density at radius 2 is 2.40 bits per heavy atom. The van der Waals surface area contributed by atoms with E-state index in [1.165, 1.54) is 0 Å². The van der Waals surface area contributed by atoms with Gasteiger partial charge in [0.05, 0.1) is 6.54 Å². The van der Waals surface area contributed by atoms with Gasteiger partial charge in [0, 0.05) is 7.05 Å². The SMILES string of the molecule is C=CCCNCC(=O)NC. The molecule has 0 aliphatic carbocycles. The summed E-state index contributed by atoms with van der Waals surface area (Å²) in [6, 6.07) is 0. The highest BCUT2D eigenvalue weighted by Crippen LogP contribution is 1.73. The van der Waals surface area contributed by atoms with Crippen molar-refractivity contribution in [1.82, 2.24) is 10.6 Å². The average molecular weight is 142 g/mol. The molecule has 3 heteroatoms. The van der Waals surface area contributed by atoms with E-state index in [0.29, 0.717) is 6.54 Å². The van der Waals surface area contributed by atoms with Crippen LogP contribution < -0.4 is 10.6 Å². The summed E-state index contributed by atoms with van der Waals surface area (Å²) in [6.07, 6.45) is 2.72. The molecule has 0 fully saturated rings. The van der Waals surface area contributed by atoms with Crippen molar-refractivity contribution in [3.05, 3.63) is 12.7 Å². The Balaban J connectivity index is 3.03. The molecular formula is C7H14N2O. The van der Waals surface area contributed by atoms with Crippen LogP contribution in [0.3, 0.4) is 0 Å². The molecule has 0 atom stereocenters. The van der Waals surface area contributed by atoms with Gasteiger partial charge in [-0.1, -0.05) is 6.08 Å². The summed E-state index contributed by atoms with van der Waals surface area (Å²) in [4.78, 5) is 10.6. The maximum atomic E-state index is 10.6. The van der Waals surface area contributed by atoms with Gasteiger partial charge in [-0.15, -0.1) is 6.58 Å². The molecule has 0 aromatic carbocycles. The summed E-state index contributed by atoms with van der Waals surface area (Å²) in [6.45, 7) is 4.77. The molecule has 0 unspecified atom stereocenters.